The number of piperazine rings is 1. The van der Waals surface area contributed by atoms with Crippen LogP contribution in [0.15, 0.2) is 18.2 Å². The van der Waals surface area contributed by atoms with E-state index >= 15 is 0 Å². The normalized spacial score (nSPS) is 25.3. The topological polar surface area (TPSA) is 15.3 Å². The van der Waals surface area contributed by atoms with Gasteiger partial charge in [-0.05, 0) is 49.3 Å². The predicted octanol–water partition coefficient (Wildman–Crippen LogP) is 2.49. The molecule has 0 bridgehead atoms. The van der Waals surface area contributed by atoms with Crippen molar-refractivity contribution in [3.8, 4) is 0 Å². The van der Waals surface area contributed by atoms with Crippen molar-refractivity contribution in [2.24, 2.45) is 5.92 Å². The summed E-state index contributed by atoms with van der Waals surface area (Å²) >= 11 is 0. The van der Waals surface area contributed by atoms with Crippen LogP contribution in [0, 0.1) is 19.8 Å². The lowest BCUT2D eigenvalue weighted by atomic mass is 10.0. The maximum absolute atomic E-state index is 3.68. The van der Waals surface area contributed by atoms with Crippen LogP contribution in [0.3, 0.4) is 0 Å². The Bertz CT molecular complexity index is 423. The zero-order valence-electron chi connectivity index (χ0n) is 11.6. The van der Waals surface area contributed by atoms with Gasteiger partial charge in [-0.1, -0.05) is 18.2 Å². The van der Waals surface area contributed by atoms with E-state index in [0.29, 0.717) is 0 Å². The number of nitrogens with zero attached hydrogens (tertiary/aromatic N) is 1. The number of nitrogens with one attached hydrogen (secondary N) is 1. The number of hydrogen-bond acceptors (Lipinski definition) is 2. The van der Waals surface area contributed by atoms with Gasteiger partial charge in [0.1, 0.15) is 0 Å². The molecule has 3 rings (SSSR count). The third kappa shape index (κ3) is 2.76. The molecule has 0 spiro atoms. The maximum Gasteiger partial charge on any atom is 0.0235 e. The van der Waals surface area contributed by atoms with Crippen LogP contribution in [0.1, 0.15) is 29.5 Å². The standard InChI is InChI=1S/C16H24N2/c1-12-3-4-14(9-13(12)2)10-18-8-7-17-16(11-18)15-5-6-15/h3-4,9,15-17H,5-8,10-11H2,1-2H3. The van der Waals surface area contributed by atoms with Crippen LogP contribution >= 0.6 is 0 Å². The van der Waals surface area contributed by atoms with Gasteiger partial charge in [-0.3, -0.25) is 4.90 Å². The van der Waals surface area contributed by atoms with Gasteiger partial charge in [0.2, 0.25) is 0 Å². The van der Waals surface area contributed by atoms with E-state index in [9.17, 15) is 0 Å². The average Bonchev–Trinajstić information content (AvgIpc) is 3.18. The molecule has 1 atom stereocenters. The van der Waals surface area contributed by atoms with Gasteiger partial charge in [0.05, 0.1) is 0 Å². The molecule has 1 aromatic carbocycles. The Labute approximate surface area is 110 Å². The summed E-state index contributed by atoms with van der Waals surface area (Å²) in [5.74, 6) is 0.965. The highest BCUT2D eigenvalue weighted by Crippen LogP contribution is 2.33. The molecule has 1 saturated heterocycles. The molecule has 1 aliphatic carbocycles. The molecule has 1 saturated carbocycles. The first-order valence-electron chi connectivity index (χ1n) is 7.24. The summed E-state index contributed by atoms with van der Waals surface area (Å²) in [4.78, 5) is 2.61. The Hall–Kier alpha value is -0.860. The molecule has 98 valence electrons. The van der Waals surface area contributed by atoms with E-state index in [4.69, 9.17) is 0 Å². The summed E-state index contributed by atoms with van der Waals surface area (Å²) in [5.41, 5.74) is 4.28. The second-order valence-corrected chi connectivity index (χ2v) is 6.05. The van der Waals surface area contributed by atoms with Crippen molar-refractivity contribution in [2.75, 3.05) is 19.6 Å². The largest absolute Gasteiger partial charge is 0.311 e. The first kappa shape index (κ1) is 12.2. The number of aryl methyl sites for hydroxylation is 2. The molecular weight excluding hydrogens is 220 g/mol. The SMILES string of the molecule is Cc1ccc(CN2CCNC(C3CC3)C2)cc1C. The van der Waals surface area contributed by atoms with Gasteiger partial charge in [-0.2, -0.15) is 0 Å². The first-order chi connectivity index (χ1) is 8.72. The summed E-state index contributed by atoms with van der Waals surface area (Å²) in [6.45, 7) is 9.10. The Morgan fingerprint density at radius 3 is 2.78 bits per heavy atom. The van der Waals surface area contributed by atoms with Crippen molar-refractivity contribution in [3.63, 3.8) is 0 Å². The van der Waals surface area contributed by atoms with Crippen LogP contribution in [0.25, 0.3) is 0 Å². The van der Waals surface area contributed by atoms with Crippen molar-refractivity contribution in [2.45, 2.75) is 39.3 Å². The number of hydrogen-bond donors (Lipinski definition) is 1. The molecule has 0 aromatic heterocycles. The molecule has 1 unspecified atom stereocenters. The average molecular weight is 244 g/mol. The number of benzene rings is 1. The van der Waals surface area contributed by atoms with Gasteiger partial charge >= 0.3 is 0 Å². The lowest BCUT2D eigenvalue weighted by Crippen LogP contribution is -2.51. The summed E-state index contributed by atoms with van der Waals surface area (Å²) in [6.07, 6.45) is 2.88. The minimum atomic E-state index is 0.755. The maximum atomic E-state index is 3.68. The molecule has 2 heteroatoms. The Morgan fingerprint density at radius 1 is 1.22 bits per heavy atom. The molecule has 2 aliphatic rings. The molecule has 1 aliphatic heterocycles. The summed E-state index contributed by atoms with van der Waals surface area (Å²) in [6, 6.07) is 7.65. The fraction of sp³-hybridized carbons (Fsp3) is 0.625. The van der Waals surface area contributed by atoms with Crippen LogP contribution in [-0.2, 0) is 6.54 Å². The predicted molar refractivity (Wildman–Crippen MR) is 75.7 cm³/mol. The van der Waals surface area contributed by atoms with Crippen LogP contribution in [0.5, 0.6) is 0 Å². The van der Waals surface area contributed by atoms with E-state index in [1.807, 2.05) is 0 Å². The highest BCUT2D eigenvalue weighted by atomic mass is 15.2. The van der Waals surface area contributed by atoms with Gasteiger partial charge in [-0.15, -0.1) is 0 Å². The molecule has 2 fully saturated rings. The van der Waals surface area contributed by atoms with Crippen LogP contribution in [-0.4, -0.2) is 30.6 Å². The summed E-state index contributed by atoms with van der Waals surface area (Å²) < 4.78 is 0. The van der Waals surface area contributed by atoms with E-state index in [0.717, 1.165) is 25.0 Å². The Balaban J connectivity index is 1.62. The van der Waals surface area contributed by atoms with Crippen LogP contribution < -0.4 is 5.32 Å². The quantitative estimate of drug-likeness (QED) is 0.879. The molecule has 0 radical (unpaired) electrons. The number of rotatable bonds is 3. The van der Waals surface area contributed by atoms with Gasteiger partial charge in [0.25, 0.3) is 0 Å². The molecule has 2 nitrogen and oxygen atoms in total. The van der Waals surface area contributed by atoms with Gasteiger partial charge < -0.3 is 5.32 Å². The second-order valence-electron chi connectivity index (χ2n) is 6.05. The van der Waals surface area contributed by atoms with E-state index in [2.05, 4.69) is 42.3 Å². The van der Waals surface area contributed by atoms with Gasteiger partial charge in [-0.25, -0.2) is 0 Å². The monoisotopic (exact) mass is 244 g/mol. The summed E-state index contributed by atoms with van der Waals surface area (Å²) in [7, 11) is 0. The zero-order chi connectivity index (χ0) is 12.5. The molecule has 0 amide bonds. The lowest BCUT2D eigenvalue weighted by Gasteiger charge is -2.34. The minimum absolute atomic E-state index is 0.755. The van der Waals surface area contributed by atoms with E-state index in [1.165, 1.54) is 42.6 Å². The second kappa shape index (κ2) is 5.02. The first-order valence-corrected chi connectivity index (χ1v) is 7.24. The smallest absolute Gasteiger partial charge is 0.0235 e. The highest BCUT2D eigenvalue weighted by molar-refractivity contribution is 5.29. The van der Waals surface area contributed by atoms with Gasteiger partial charge in [0, 0.05) is 32.2 Å². The Kier molecular flexibility index (Phi) is 3.40. The van der Waals surface area contributed by atoms with Crippen molar-refractivity contribution >= 4 is 0 Å². The van der Waals surface area contributed by atoms with Crippen molar-refractivity contribution in [1.29, 1.82) is 0 Å². The van der Waals surface area contributed by atoms with Crippen molar-refractivity contribution in [1.82, 2.24) is 10.2 Å². The van der Waals surface area contributed by atoms with Gasteiger partial charge in [0.15, 0.2) is 0 Å². The minimum Gasteiger partial charge on any atom is -0.311 e. The van der Waals surface area contributed by atoms with E-state index in [1.54, 1.807) is 0 Å². The zero-order valence-corrected chi connectivity index (χ0v) is 11.6. The third-order valence-electron chi connectivity index (χ3n) is 4.46. The van der Waals surface area contributed by atoms with Crippen LogP contribution in [0.4, 0.5) is 0 Å². The van der Waals surface area contributed by atoms with Crippen LogP contribution in [0.2, 0.25) is 0 Å². The molecule has 1 N–H and O–H groups in total. The lowest BCUT2D eigenvalue weighted by molar-refractivity contribution is 0.181. The summed E-state index contributed by atoms with van der Waals surface area (Å²) in [5, 5.41) is 3.68. The van der Waals surface area contributed by atoms with Crippen molar-refractivity contribution in [3.05, 3.63) is 34.9 Å². The van der Waals surface area contributed by atoms with E-state index < -0.39 is 0 Å². The van der Waals surface area contributed by atoms with E-state index in [-0.39, 0.29) is 0 Å². The molecule has 1 heterocycles. The fourth-order valence-electron chi connectivity index (χ4n) is 2.96. The fourth-order valence-corrected chi connectivity index (χ4v) is 2.96. The highest BCUT2D eigenvalue weighted by Gasteiger charge is 2.33. The molecular formula is C16H24N2. The van der Waals surface area contributed by atoms with Crippen molar-refractivity contribution < 1.29 is 0 Å². The Morgan fingerprint density at radius 2 is 2.06 bits per heavy atom. The molecule has 18 heavy (non-hydrogen) atoms. The third-order valence-corrected chi connectivity index (χ3v) is 4.46. The molecule has 1 aromatic rings.